The maximum absolute atomic E-state index is 14.6. The summed E-state index contributed by atoms with van der Waals surface area (Å²) in [5.41, 5.74) is 3.45. The lowest BCUT2D eigenvalue weighted by molar-refractivity contribution is 0.120. The number of thiazole rings is 1. The quantitative estimate of drug-likeness (QED) is 0.488. The van der Waals surface area contributed by atoms with Crippen LogP contribution in [0.1, 0.15) is 12.5 Å². The van der Waals surface area contributed by atoms with Gasteiger partial charge in [0, 0.05) is 11.6 Å². The number of fused-ring (bicyclic) bond motifs is 2. The van der Waals surface area contributed by atoms with Gasteiger partial charge >= 0.3 is 0 Å². The van der Waals surface area contributed by atoms with Crippen molar-refractivity contribution in [2.45, 2.75) is 20.0 Å². The van der Waals surface area contributed by atoms with Gasteiger partial charge in [0.05, 0.1) is 35.1 Å². The fourth-order valence-electron chi connectivity index (χ4n) is 2.92. The van der Waals surface area contributed by atoms with Crippen LogP contribution in [0.15, 0.2) is 24.4 Å². The molecule has 0 aliphatic rings. The van der Waals surface area contributed by atoms with Crippen molar-refractivity contribution in [3.05, 3.63) is 40.8 Å². The number of aliphatic hydroxyl groups excluding tert-OH is 1. The van der Waals surface area contributed by atoms with Gasteiger partial charge in [-0.3, -0.25) is 0 Å². The van der Waals surface area contributed by atoms with E-state index in [0.29, 0.717) is 32.1 Å². The molecule has 1 N–H and O–H groups in total. The predicted octanol–water partition coefficient (Wildman–Crippen LogP) is 4.78. The Bertz CT molecular complexity index is 1230. The zero-order chi connectivity index (χ0) is 20.7. The molecule has 0 aliphatic heterocycles. The first kappa shape index (κ1) is 19.8. The normalized spacial score (nSPS) is 12.5. The number of aliphatic hydroxyl groups is 1. The van der Waals surface area contributed by atoms with Crippen LogP contribution in [0, 0.1) is 12.7 Å². The van der Waals surface area contributed by atoms with E-state index in [1.54, 1.807) is 19.2 Å². The minimum atomic E-state index is -0.727. The molecule has 2 aromatic heterocycles. The van der Waals surface area contributed by atoms with Gasteiger partial charge in [0.25, 0.3) is 0 Å². The summed E-state index contributed by atoms with van der Waals surface area (Å²) < 4.78 is 25.8. The second-order valence-corrected chi connectivity index (χ2v) is 8.03. The van der Waals surface area contributed by atoms with E-state index in [-0.39, 0.29) is 17.4 Å². The Balaban J connectivity index is 1.88. The zero-order valence-electron chi connectivity index (χ0n) is 15.9. The molecule has 150 valence electrons. The SMILES string of the molecule is COc1cnc2c(-c3nc4c(Cl)c(F)c(OC[C@@H](C)O)cc4s3)cc(C)cc2n1. The van der Waals surface area contributed by atoms with Crippen LogP contribution in [0.2, 0.25) is 5.02 Å². The molecule has 2 heterocycles. The summed E-state index contributed by atoms with van der Waals surface area (Å²) in [5, 5.41) is 9.92. The molecule has 0 fully saturated rings. The molecule has 6 nitrogen and oxygen atoms in total. The van der Waals surface area contributed by atoms with Gasteiger partial charge in [0.1, 0.15) is 22.2 Å². The number of nitrogens with zero attached hydrogens (tertiary/aromatic N) is 3. The molecule has 29 heavy (non-hydrogen) atoms. The van der Waals surface area contributed by atoms with Crippen molar-refractivity contribution in [2.75, 3.05) is 13.7 Å². The highest BCUT2D eigenvalue weighted by Gasteiger charge is 2.20. The molecule has 0 bridgehead atoms. The van der Waals surface area contributed by atoms with Gasteiger partial charge < -0.3 is 14.6 Å². The molecule has 0 saturated carbocycles. The van der Waals surface area contributed by atoms with E-state index < -0.39 is 11.9 Å². The average molecular weight is 434 g/mol. The average Bonchev–Trinajstić information content (AvgIpc) is 3.12. The monoisotopic (exact) mass is 433 g/mol. The summed E-state index contributed by atoms with van der Waals surface area (Å²) in [4.78, 5) is 13.5. The third-order valence-electron chi connectivity index (χ3n) is 4.22. The maximum atomic E-state index is 14.6. The van der Waals surface area contributed by atoms with Gasteiger partial charge in [-0.2, -0.15) is 0 Å². The van der Waals surface area contributed by atoms with Crippen LogP contribution < -0.4 is 9.47 Å². The number of rotatable bonds is 5. The Hall–Kier alpha value is -2.55. The molecule has 0 saturated heterocycles. The second kappa shape index (κ2) is 7.70. The number of hydrogen-bond acceptors (Lipinski definition) is 7. The molecule has 0 radical (unpaired) electrons. The summed E-state index contributed by atoms with van der Waals surface area (Å²) in [6.07, 6.45) is 0.818. The number of aromatic nitrogens is 3. The van der Waals surface area contributed by atoms with Crippen LogP contribution in [-0.4, -0.2) is 39.9 Å². The lowest BCUT2D eigenvalue weighted by Gasteiger charge is -2.09. The Morgan fingerprint density at radius 3 is 2.76 bits per heavy atom. The van der Waals surface area contributed by atoms with E-state index in [2.05, 4.69) is 15.0 Å². The fraction of sp³-hybridized carbons (Fsp3) is 0.250. The van der Waals surface area contributed by atoms with E-state index in [1.807, 2.05) is 19.1 Å². The number of benzene rings is 2. The summed E-state index contributed by atoms with van der Waals surface area (Å²) >= 11 is 7.57. The highest BCUT2D eigenvalue weighted by atomic mass is 35.5. The molecular formula is C20H17ClFN3O3S. The van der Waals surface area contributed by atoms with Crippen LogP contribution in [0.25, 0.3) is 31.8 Å². The Kier molecular flexibility index (Phi) is 5.24. The summed E-state index contributed by atoms with van der Waals surface area (Å²) in [7, 11) is 1.54. The van der Waals surface area contributed by atoms with E-state index in [9.17, 15) is 9.50 Å². The Morgan fingerprint density at radius 2 is 2.03 bits per heavy atom. The largest absolute Gasteiger partial charge is 0.488 e. The zero-order valence-corrected chi connectivity index (χ0v) is 17.4. The Morgan fingerprint density at radius 1 is 1.24 bits per heavy atom. The molecule has 4 aromatic rings. The molecule has 0 unspecified atom stereocenters. The van der Waals surface area contributed by atoms with Crippen molar-refractivity contribution in [3.63, 3.8) is 0 Å². The summed E-state index contributed by atoms with van der Waals surface area (Å²) in [6, 6.07) is 5.42. The first-order chi connectivity index (χ1) is 13.9. The number of ether oxygens (including phenoxy) is 2. The molecular weight excluding hydrogens is 417 g/mol. The number of hydrogen-bond donors (Lipinski definition) is 1. The molecule has 9 heteroatoms. The highest BCUT2D eigenvalue weighted by Crippen LogP contribution is 2.40. The van der Waals surface area contributed by atoms with E-state index in [1.165, 1.54) is 18.4 Å². The molecule has 0 amide bonds. The minimum Gasteiger partial charge on any atom is -0.488 e. The standard InChI is InChI=1S/C20H17ClFN3O3S/c1-9-4-11(18-12(5-9)24-15(27-3)7-23-18)20-25-19-14(29-20)6-13(17(22)16(19)21)28-8-10(2)26/h4-7,10,26H,8H2,1-3H3/t10-/m1/s1. The van der Waals surface area contributed by atoms with Gasteiger partial charge in [-0.1, -0.05) is 11.6 Å². The first-order valence-corrected chi connectivity index (χ1v) is 9.98. The van der Waals surface area contributed by atoms with Crippen molar-refractivity contribution in [1.29, 1.82) is 0 Å². The predicted molar refractivity (Wildman–Crippen MR) is 112 cm³/mol. The number of methoxy groups -OCH3 is 1. The second-order valence-electron chi connectivity index (χ2n) is 6.62. The van der Waals surface area contributed by atoms with Crippen LogP contribution >= 0.6 is 22.9 Å². The van der Waals surface area contributed by atoms with Crippen LogP contribution in [0.3, 0.4) is 0 Å². The summed E-state index contributed by atoms with van der Waals surface area (Å²) in [6.45, 7) is 3.47. The first-order valence-electron chi connectivity index (χ1n) is 8.78. The topological polar surface area (TPSA) is 77.4 Å². The smallest absolute Gasteiger partial charge is 0.232 e. The molecule has 0 aliphatic carbocycles. The fourth-order valence-corrected chi connectivity index (χ4v) is 4.24. The third kappa shape index (κ3) is 3.71. The van der Waals surface area contributed by atoms with E-state index in [0.717, 1.165) is 11.1 Å². The van der Waals surface area contributed by atoms with Gasteiger partial charge in [-0.05, 0) is 31.5 Å². The third-order valence-corrected chi connectivity index (χ3v) is 5.60. The van der Waals surface area contributed by atoms with Crippen molar-refractivity contribution >= 4 is 44.2 Å². The Labute approximate surface area is 174 Å². The van der Waals surface area contributed by atoms with Crippen LogP contribution in [0.5, 0.6) is 11.6 Å². The molecule has 2 aromatic carbocycles. The lowest BCUT2D eigenvalue weighted by Crippen LogP contribution is -2.13. The van der Waals surface area contributed by atoms with E-state index >= 15 is 0 Å². The molecule has 1 atom stereocenters. The van der Waals surface area contributed by atoms with Crippen LogP contribution in [-0.2, 0) is 0 Å². The van der Waals surface area contributed by atoms with Crippen molar-refractivity contribution in [3.8, 4) is 22.2 Å². The van der Waals surface area contributed by atoms with Crippen molar-refractivity contribution < 1.29 is 19.0 Å². The van der Waals surface area contributed by atoms with E-state index in [4.69, 9.17) is 21.1 Å². The molecule has 0 spiro atoms. The van der Waals surface area contributed by atoms with Gasteiger partial charge in [-0.25, -0.2) is 19.3 Å². The van der Waals surface area contributed by atoms with Crippen molar-refractivity contribution in [2.24, 2.45) is 0 Å². The number of halogens is 2. The van der Waals surface area contributed by atoms with Gasteiger partial charge in [0.15, 0.2) is 11.6 Å². The van der Waals surface area contributed by atoms with Crippen LogP contribution in [0.4, 0.5) is 4.39 Å². The summed E-state index contributed by atoms with van der Waals surface area (Å²) in [5.74, 6) is -0.295. The highest BCUT2D eigenvalue weighted by molar-refractivity contribution is 7.21. The van der Waals surface area contributed by atoms with Crippen molar-refractivity contribution in [1.82, 2.24) is 15.0 Å². The van der Waals surface area contributed by atoms with Gasteiger partial charge in [0.2, 0.25) is 5.88 Å². The maximum Gasteiger partial charge on any atom is 0.232 e. The van der Waals surface area contributed by atoms with Gasteiger partial charge in [-0.15, -0.1) is 11.3 Å². The number of aryl methyl sites for hydroxylation is 1. The lowest BCUT2D eigenvalue weighted by atomic mass is 10.1. The molecule has 4 rings (SSSR count). The minimum absolute atomic E-state index is 0.0165.